The van der Waals surface area contributed by atoms with E-state index in [4.69, 9.17) is 0 Å². The fourth-order valence-electron chi connectivity index (χ4n) is 0.443. The van der Waals surface area contributed by atoms with E-state index >= 15 is 0 Å². The number of ketones is 1. The Morgan fingerprint density at radius 1 is 1.36 bits per heavy atom. The van der Waals surface area contributed by atoms with Gasteiger partial charge >= 0.3 is 12.3 Å². The largest absolute Gasteiger partial charge is 0.383 e. The summed E-state index contributed by atoms with van der Waals surface area (Å²) in [5.41, 5.74) is 0. The molecule has 1 N–H and O–H groups in total. The molecule has 0 aliphatic heterocycles. The fraction of sp³-hybridized carbons (Fsp3) is 0.667. The molecule has 8 heteroatoms. The van der Waals surface area contributed by atoms with Crippen LogP contribution in [0.4, 0.5) is 17.6 Å². The van der Waals surface area contributed by atoms with Gasteiger partial charge in [-0.2, -0.15) is 8.78 Å². The Bertz CT molecular complexity index is 234. The van der Waals surface area contributed by atoms with E-state index in [0.717, 1.165) is 0 Å². The summed E-state index contributed by atoms with van der Waals surface area (Å²) in [5, 5.41) is 1.26. The Morgan fingerprint density at radius 3 is 2.21 bits per heavy atom. The van der Waals surface area contributed by atoms with Crippen LogP contribution in [-0.4, -0.2) is 35.9 Å². The lowest BCUT2D eigenvalue weighted by molar-refractivity contribution is -0.169. The SMILES string of the molecule is O=C(CBr)CNC(=O)C(F)(F)C(F)F. The van der Waals surface area contributed by atoms with Crippen LogP contribution < -0.4 is 5.32 Å². The first kappa shape index (κ1) is 13.3. The van der Waals surface area contributed by atoms with Gasteiger partial charge in [0, 0.05) is 0 Å². The summed E-state index contributed by atoms with van der Waals surface area (Å²) in [6.07, 6.45) is -4.08. The zero-order valence-corrected chi connectivity index (χ0v) is 8.28. The lowest BCUT2D eigenvalue weighted by Crippen LogP contribution is -2.46. The van der Waals surface area contributed by atoms with Gasteiger partial charge in [0.1, 0.15) is 0 Å². The van der Waals surface area contributed by atoms with Crippen LogP contribution in [0.3, 0.4) is 0 Å². The maximum atomic E-state index is 12.2. The number of halogens is 5. The van der Waals surface area contributed by atoms with Gasteiger partial charge < -0.3 is 5.32 Å². The van der Waals surface area contributed by atoms with Gasteiger partial charge in [-0.25, -0.2) is 8.78 Å². The van der Waals surface area contributed by atoms with E-state index < -0.39 is 30.6 Å². The molecule has 0 saturated carbocycles. The molecule has 0 unspecified atom stereocenters. The summed E-state index contributed by atoms with van der Waals surface area (Å²) >= 11 is 2.71. The Balaban J connectivity index is 4.15. The highest BCUT2D eigenvalue weighted by molar-refractivity contribution is 9.09. The predicted octanol–water partition coefficient (Wildman–Crippen LogP) is 0.967. The molecule has 0 aromatic heterocycles. The van der Waals surface area contributed by atoms with Crippen LogP contribution in [0.1, 0.15) is 0 Å². The molecule has 0 aromatic rings. The van der Waals surface area contributed by atoms with Crippen molar-refractivity contribution >= 4 is 27.6 Å². The summed E-state index contributed by atoms with van der Waals surface area (Å²) in [6, 6.07) is 0. The van der Waals surface area contributed by atoms with Gasteiger partial charge in [0.25, 0.3) is 5.91 Å². The molecule has 0 aromatic carbocycles. The molecule has 0 rings (SSSR count). The van der Waals surface area contributed by atoms with E-state index in [0.29, 0.717) is 0 Å². The van der Waals surface area contributed by atoms with Crippen LogP contribution in [0.25, 0.3) is 0 Å². The quantitative estimate of drug-likeness (QED) is 0.602. The van der Waals surface area contributed by atoms with Gasteiger partial charge in [0.15, 0.2) is 5.78 Å². The maximum Gasteiger partial charge on any atom is 0.383 e. The number of amides is 1. The van der Waals surface area contributed by atoms with Gasteiger partial charge in [0.05, 0.1) is 11.9 Å². The van der Waals surface area contributed by atoms with Gasteiger partial charge in [-0.05, 0) is 0 Å². The number of carbonyl (C=O) groups excluding carboxylic acids is 2. The van der Waals surface area contributed by atoms with Gasteiger partial charge in [-0.15, -0.1) is 0 Å². The number of nitrogens with one attached hydrogen (secondary N) is 1. The van der Waals surface area contributed by atoms with Crippen molar-refractivity contribution in [3.8, 4) is 0 Å². The van der Waals surface area contributed by atoms with Crippen molar-refractivity contribution in [3.63, 3.8) is 0 Å². The highest BCUT2D eigenvalue weighted by Gasteiger charge is 2.48. The minimum Gasteiger partial charge on any atom is -0.344 e. The van der Waals surface area contributed by atoms with Crippen molar-refractivity contribution in [2.24, 2.45) is 0 Å². The third kappa shape index (κ3) is 3.60. The lowest BCUT2D eigenvalue weighted by Gasteiger charge is -2.13. The first-order chi connectivity index (χ1) is 6.32. The molecule has 3 nitrogen and oxygen atoms in total. The standard InChI is InChI=1S/C6H6BrF4NO2/c7-1-3(13)2-12-5(14)6(10,11)4(8)9/h4H,1-2H2,(H,12,14). The maximum absolute atomic E-state index is 12.2. The second-order valence-electron chi connectivity index (χ2n) is 2.28. The topological polar surface area (TPSA) is 46.2 Å². The molecular formula is C6H6BrF4NO2. The average molecular weight is 280 g/mol. The third-order valence-electron chi connectivity index (χ3n) is 1.17. The molecule has 82 valence electrons. The smallest absolute Gasteiger partial charge is 0.344 e. The Hall–Kier alpha value is -0.660. The number of hydrogen-bond acceptors (Lipinski definition) is 2. The summed E-state index contributed by atoms with van der Waals surface area (Å²) in [6.45, 7) is -0.702. The van der Waals surface area contributed by atoms with Crippen LogP contribution in [0.5, 0.6) is 0 Å². The monoisotopic (exact) mass is 279 g/mol. The third-order valence-corrected chi connectivity index (χ3v) is 1.80. The van der Waals surface area contributed by atoms with Gasteiger partial charge in [-0.3, -0.25) is 9.59 Å². The molecule has 0 saturated heterocycles. The van der Waals surface area contributed by atoms with Crippen LogP contribution in [0, 0.1) is 0 Å². The van der Waals surface area contributed by atoms with E-state index in [1.54, 1.807) is 0 Å². The van der Waals surface area contributed by atoms with Gasteiger partial charge in [0.2, 0.25) is 0 Å². The molecule has 14 heavy (non-hydrogen) atoms. The number of hydrogen-bond donors (Lipinski definition) is 1. The molecule has 0 atom stereocenters. The van der Waals surface area contributed by atoms with Crippen molar-refractivity contribution in [1.29, 1.82) is 0 Å². The number of rotatable bonds is 5. The van der Waals surface area contributed by atoms with E-state index in [1.165, 1.54) is 5.32 Å². The average Bonchev–Trinajstić information content (AvgIpc) is 2.12. The molecule has 0 aliphatic rings. The summed E-state index contributed by atoms with van der Waals surface area (Å²) in [7, 11) is 0. The fourth-order valence-corrected chi connectivity index (χ4v) is 0.641. The number of alkyl halides is 5. The summed E-state index contributed by atoms with van der Waals surface area (Å²) in [4.78, 5) is 20.9. The van der Waals surface area contributed by atoms with E-state index in [-0.39, 0.29) is 5.33 Å². The van der Waals surface area contributed by atoms with Crippen LogP contribution in [0.2, 0.25) is 0 Å². The molecular weight excluding hydrogens is 274 g/mol. The van der Waals surface area contributed by atoms with Crippen LogP contribution in [0.15, 0.2) is 0 Å². The Morgan fingerprint density at radius 2 is 1.86 bits per heavy atom. The zero-order chi connectivity index (χ0) is 11.4. The van der Waals surface area contributed by atoms with Crippen molar-refractivity contribution in [1.82, 2.24) is 5.32 Å². The van der Waals surface area contributed by atoms with Crippen molar-refractivity contribution in [2.45, 2.75) is 12.3 Å². The minimum absolute atomic E-state index is 0.145. The molecule has 0 aliphatic carbocycles. The zero-order valence-electron chi connectivity index (χ0n) is 6.70. The normalized spacial score (nSPS) is 11.6. The first-order valence-electron chi connectivity index (χ1n) is 3.34. The molecule has 0 radical (unpaired) electrons. The number of Topliss-reactive ketones (excluding diaryl/α,β-unsaturated/α-hetero) is 1. The number of carbonyl (C=O) groups is 2. The summed E-state index contributed by atoms with van der Waals surface area (Å²) < 4.78 is 47.5. The van der Waals surface area contributed by atoms with E-state index in [1.807, 2.05) is 0 Å². The lowest BCUT2D eigenvalue weighted by atomic mass is 10.3. The van der Waals surface area contributed by atoms with E-state index in [9.17, 15) is 27.2 Å². The minimum atomic E-state index is -4.76. The van der Waals surface area contributed by atoms with Crippen LogP contribution >= 0.6 is 15.9 Å². The predicted molar refractivity (Wildman–Crippen MR) is 42.8 cm³/mol. The molecule has 0 spiro atoms. The van der Waals surface area contributed by atoms with Gasteiger partial charge in [-0.1, -0.05) is 15.9 Å². The second-order valence-corrected chi connectivity index (χ2v) is 2.84. The second kappa shape index (κ2) is 5.28. The Kier molecular flexibility index (Phi) is 5.03. The van der Waals surface area contributed by atoms with E-state index in [2.05, 4.69) is 15.9 Å². The summed E-state index contributed by atoms with van der Waals surface area (Å²) in [5.74, 6) is -7.50. The molecule has 0 fully saturated rings. The molecule has 1 amide bonds. The van der Waals surface area contributed by atoms with Crippen molar-refractivity contribution < 1.29 is 27.2 Å². The highest BCUT2D eigenvalue weighted by Crippen LogP contribution is 2.22. The molecule has 0 bridgehead atoms. The molecule has 0 heterocycles. The Labute approximate surface area is 85.0 Å². The van der Waals surface area contributed by atoms with Crippen molar-refractivity contribution in [3.05, 3.63) is 0 Å². The highest BCUT2D eigenvalue weighted by atomic mass is 79.9. The van der Waals surface area contributed by atoms with Crippen molar-refractivity contribution in [2.75, 3.05) is 11.9 Å². The first-order valence-corrected chi connectivity index (χ1v) is 4.46. The van der Waals surface area contributed by atoms with Crippen LogP contribution in [-0.2, 0) is 9.59 Å².